The SMILES string of the molecule is C=CCOc1ccc(OCCC)cc1OCCC. The van der Waals surface area contributed by atoms with E-state index in [1.54, 1.807) is 6.08 Å². The minimum absolute atomic E-state index is 0.470. The van der Waals surface area contributed by atoms with E-state index >= 15 is 0 Å². The molecule has 0 unspecified atom stereocenters. The molecule has 0 radical (unpaired) electrons. The van der Waals surface area contributed by atoms with Gasteiger partial charge in [0.05, 0.1) is 13.2 Å². The molecular weight excluding hydrogens is 228 g/mol. The molecule has 0 fully saturated rings. The van der Waals surface area contributed by atoms with E-state index < -0.39 is 0 Å². The van der Waals surface area contributed by atoms with Crippen LogP contribution in [0.5, 0.6) is 17.2 Å². The molecule has 1 aromatic rings. The van der Waals surface area contributed by atoms with Crippen molar-refractivity contribution in [1.29, 1.82) is 0 Å². The third-order valence-electron chi connectivity index (χ3n) is 2.21. The highest BCUT2D eigenvalue weighted by Gasteiger charge is 2.07. The highest BCUT2D eigenvalue weighted by atomic mass is 16.5. The van der Waals surface area contributed by atoms with E-state index in [0.717, 1.165) is 30.1 Å². The summed E-state index contributed by atoms with van der Waals surface area (Å²) in [6, 6.07) is 5.65. The lowest BCUT2D eigenvalue weighted by molar-refractivity contribution is 0.277. The maximum Gasteiger partial charge on any atom is 0.164 e. The first kappa shape index (κ1) is 14.4. The van der Waals surface area contributed by atoms with Gasteiger partial charge < -0.3 is 14.2 Å². The molecule has 1 aromatic carbocycles. The van der Waals surface area contributed by atoms with Crippen LogP contribution in [0.4, 0.5) is 0 Å². The van der Waals surface area contributed by atoms with Gasteiger partial charge in [-0.05, 0) is 25.0 Å². The first-order valence-electron chi connectivity index (χ1n) is 6.45. The average Bonchev–Trinajstić information content (AvgIpc) is 2.41. The van der Waals surface area contributed by atoms with Crippen LogP contribution in [-0.4, -0.2) is 19.8 Å². The molecule has 0 aliphatic heterocycles. The van der Waals surface area contributed by atoms with Gasteiger partial charge in [0.2, 0.25) is 0 Å². The fourth-order valence-electron chi connectivity index (χ4n) is 1.39. The van der Waals surface area contributed by atoms with E-state index in [1.807, 2.05) is 18.2 Å². The standard InChI is InChI=1S/C15H22O3/c1-4-9-16-13-7-8-14(17-10-5-2)15(12-13)18-11-6-3/h5,7-8,12H,2,4,6,9-11H2,1,3H3. The maximum atomic E-state index is 5.66. The lowest BCUT2D eigenvalue weighted by Crippen LogP contribution is -2.01. The third kappa shape index (κ3) is 4.70. The van der Waals surface area contributed by atoms with Crippen molar-refractivity contribution >= 4 is 0 Å². The van der Waals surface area contributed by atoms with E-state index in [9.17, 15) is 0 Å². The second-order valence-electron chi connectivity index (χ2n) is 3.91. The minimum atomic E-state index is 0.470. The van der Waals surface area contributed by atoms with Crippen LogP contribution in [-0.2, 0) is 0 Å². The first-order valence-corrected chi connectivity index (χ1v) is 6.45. The fraction of sp³-hybridized carbons (Fsp3) is 0.467. The highest BCUT2D eigenvalue weighted by Crippen LogP contribution is 2.31. The van der Waals surface area contributed by atoms with Crippen LogP contribution in [0, 0.1) is 0 Å². The molecule has 0 bridgehead atoms. The summed E-state index contributed by atoms with van der Waals surface area (Å²) in [7, 11) is 0. The molecule has 3 heteroatoms. The molecule has 0 heterocycles. The second-order valence-corrected chi connectivity index (χ2v) is 3.91. The Hall–Kier alpha value is -1.64. The van der Waals surface area contributed by atoms with Crippen molar-refractivity contribution in [2.75, 3.05) is 19.8 Å². The quantitative estimate of drug-likeness (QED) is 0.623. The average molecular weight is 250 g/mol. The summed E-state index contributed by atoms with van der Waals surface area (Å²) in [5.41, 5.74) is 0. The molecule has 0 saturated heterocycles. The Balaban J connectivity index is 2.77. The van der Waals surface area contributed by atoms with Crippen molar-refractivity contribution in [2.24, 2.45) is 0 Å². The zero-order valence-corrected chi connectivity index (χ0v) is 11.3. The van der Waals surface area contributed by atoms with Crippen LogP contribution >= 0.6 is 0 Å². The molecule has 0 atom stereocenters. The zero-order valence-electron chi connectivity index (χ0n) is 11.3. The van der Waals surface area contributed by atoms with Crippen LogP contribution < -0.4 is 14.2 Å². The Morgan fingerprint density at radius 3 is 2.39 bits per heavy atom. The Morgan fingerprint density at radius 2 is 1.72 bits per heavy atom. The molecule has 0 saturated carbocycles. The second kappa shape index (κ2) is 8.45. The van der Waals surface area contributed by atoms with Gasteiger partial charge in [-0.1, -0.05) is 26.5 Å². The molecule has 0 N–H and O–H groups in total. The monoisotopic (exact) mass is 250 g/mol. The molecule has 0 aromatic heterocycles. The van der Waals surface area contributed by atoms with Crippen molar-refractivity contribution in [2.45, 2.75) is 26.7 Å². The van der Waals surface area contributed by atoms with E-state index in [-0.39, 0.29) is 0 Å². The van der Waals surface area contributed by atoms with Gasteiger partial charge in [-0.3, -0.25) is 0 Å². The number of ether oxygens (including phenoxy) is 3. The van der Waals surface area contributed by atoms with Gasteiger partial charge in [0, 0.05) is 6.07 Å². The molecule has 1 rings (SSSR count). The largest absolute Gasteiger partial charge is 0.493 e. The highest BCUT2D eigenvalue weighted by molar-refractivity contribution is 5.45. The molecule has 0 aliphatic carbocycles. The molecular formula is C15H22O3. The summed E-state index contributed by atoms with van der Waals surface area (Å²) in [4.78, 5) is 0. The van der Waals surface area contributed by atoms with Gasteiger partial charge in [0.15, 0.2) is 11.5 Å². The summed E-state index contributed by atoms with van der Waals surface area (Å²) in [6.45, 7) is 9.63. The van der Waals surface area contributed by atoms with Crippen LogP contribution in [0.1, 0.15) is 26.7 Å². The fourth-order valence-corrected chi connectivity index (χ4v) is 1.39. The number of benzene rings is 1. The van der Waals surface area contributed by atoms with Gasteiger partial charge >= 0.3 is 0 Å². The predicted octanol–water partition coefficient (Wildman–Crippen LogP) is 3.83. The molecule has 3 nitrogen and oxygen atoms in total. The topological polar surface area (TPSA) is 27.7 Å². The van der Waals surface area contributed by atoms with E-state index in [4.69, 9.17) is 14.2 Å². The number of hydrogen-bond acceptors (Lipinski definition) is 3. The van der Waals surface area contributed by atoms with Crippen molar-refractivity contribution in [3.63, 3.8) is 0 Å². The third-order valence-corrected chi connectivity index (χ3v) is 2.21. The normalized spacial score (nSPS) is 9.89. The van der Waals surface area contributed by atoms with Crippen LogP contribution in [0.15, 0.2) is 30.9 Å². The summed E-state index contributed by atoms with van der Waals surface area (Å²) >= 11 is 0. The van der Waals surface area contributed by atoms with Crippen LogP contribution in [0.2, 0.25) is 0 Å². The maximum absolute atomic E-state index is 5.66. The lowest BCUT2D eigenvalue weighted by Gasteiger charge is -2.13. The van der Waals surface area contributed by atoms with Crippen LogP contribution in [0.25, 0.3) is 0 Å². The summed E-state index contributed by atoms with van der Waals surface area (Å²) < 4.78 is 16.8. The van der Waals surface area contributed by atoms with Gasteiger partial charge in [-0.25, -0.2) is 0 Å². The van der Waals surface area contributed by atoms with Gasteiger partial charge in [-0.2, -0.15) is 0 Å². The molecule has 100 valence electrons. The smallest absolute Gasteiger partial charge is 0.164 e. The Kier molecular flexibility index (Phi) is 6.77. The molecule has 0 aliphatic rings. The van der Waals surface area contributed by atoms with Gasteiger partial charge in [-0.15, -0.1) is 0 Å². The van der Waals surface area contributed by atoms with Crippen molar-refractivity contribution in [1.82, 2.24) is 0 Å². The first-order chi connectivity index (χ1) is 8.81. The molecule has 0 amide bonds. The summed E-state index contributed by atoms with van der Waals surface area (Å²) in [5, 5.41) is 0. The molecule has 18 heavy (non-hydrogen) atoms. The molecule has 0 spiro atoms. The van der Waals surface area contributed by atoms with Gasteiger partial charge in [0.1, 0.15) is 12.4 Å². The Labute approximate surface area is 109 Å². The number of hydrogen-bond donors (Lipinski definition) is 0. The summed E-state index contributed by atoms with van der Waals surface area (Å²) in [6.07, 6.45) is 3.66. The van der Waals surface area contributed by atoms with Crippen molar-refractivity contribution in [3.8, 4) is 17.2 Å². The predicted molar refractivity (Wildman–Crippen MR) is 73.7 cm³/mol. The Bertz CT molecular complexity index is 361. The zero-order chi connectivity index (χ0) is 13.2. The van der Waals surface area contributed by atoms with Gasteiger partial charge in [0.25, 0.3) is 0 Å². The summed E-state index contributed by atoms with van der Waals surface area (Å²) in [5.74, 6) is 2.27. The van der Waals surface area contributed by atoms with E-state index in [1.165, 1.54) is 0 Å². The minimum Gasteiger partial charge on any atom is -0.493 e. The van der Waals surface area contributed by atoms with E-state index in [0.29, 0.717) is 19.8 Å². The van der Waals surface area contributed by atoms with Crippen LogP contribution in [0.3, 0.4) is 0 Å². The Morgan fingerprint density at radius 1 is 1.00 bits per heavy atom. The lowest BCUT2D eigenvalue weighted by atomic mass is 10.3. The van der Waals surface area contributed by atoms with E-state index in [2.05, 4.69) is 20.4 Å². The van der Waals surface area contributed by atoms with Crippen molar-refractivity contribution in [3.05, 3.63) is 30.9 Å². The number of rotatable bonds is 9. The van der Waals surface area contributed by atoms with Crippen molar-refractivity contribution < 1.29 is 14.2 Å².